The first-order chi connectivity index (χ1) is 13.7. The van der Waals surface area contributed by atoms with Gasteiger partial charge >= 0.3 is 0 Å². The number of anilines is 1. The zero-order valence-corrected chi connectivity index (χ0v) is 16.5. The Kier molecular flexibility index (Phi) is 4.57. The van der Waals surface area contributed by atoms with Crippen LogP contribution in [0.15, 0.2) is 49.1 Å². The van der Waals surface area contributed by atoms with Crippen LogP contribution in [0.5, 0.6) is 0 Å². The van der Waals surface area contributed by atoms with Gasteiger partial charge in [-0.05, 0) is 42.3 Å². The quantitative estimate of drug-likeness (QED) is 0.693. The molecule has 4 heterocycles. The zero-order chi connectivity index (χ0) is 19.0. The van der Waals surface area contributed by atoms with E-state index in [1.165, 1.54) is 19.3 Å². The van der Waals surface area contributed by atoms with E-state index in [0.29, 0.717) is 5.41 Å². The number of nitrogens with one attached hydrogen (secondary N) is 2. The number of hydrogen-bond acceptors (Lipinski definition) is 4. The van der Waals surface area contributed by atoms with Crippen LogP contribution in [-0.2, 0) is 0 Å². The summed E-state index contributed by atoms with van der Waals surface area (Å²) in [5, 5.41) is 11.2. The number of aromatic amines is 1. The van der Waals surface area contributed by atoms with Gasteiger partial charge in [0.15, 0.2) is 0 Å². The van der Waals surface area contributed by atoms with Gasteiger partial charge in [0.2, 0.25) is 0 Å². The van der Waals surface area contributed by atoms with Crippen molar-refractivity contribution in [2.24, 2.45) is 5.41 Å². The highest BCUT2D eigenvalue weighted by Gasteiger charge is 2.37. The highest BCUT2D eigenvalue weighted by atomic mass is 35.5. The first-order valence-electron chi connectivity index (χ1n) is 9.93. The number of aromatic nitrogens is 3. The van der Waals surface area contributed by atoms with Crippen molar-refractivity contribution in [3.63, 3.8) is 0 Å². The van der Waals surface area contributed by atoms with Gasteiger partial charge in [-0.15, -0.1) is 0 Å². The number of H-pyrrole nitrogens is 1. The molecule has 2 saturated heterocycles. The molecule has 5 rings (SSSR count). The molecular weight excluding hydrogens is 370 g/mol. The molecule has 6 heteroatoms. The molecule has 2 aromatic heterocycles. The monoisotopic (exact) mass is 393 g/mol. The smallest absolute Gasteiger partial charge is 0.0829 e. The van der Waals surface area contributed by atoms with Crippen LogP contribution >= 0.6 is 11.6 Å². The molecule has 2 aliphatic rings. The van der Waals surface area contributed by atoms with Crippen molar-refractivity contribution in [3.05, 3.63) is 54.1 Å². The molecule has 0 saturated carbocycles. The third kappa shape index (κ3) is 3.19. The molecule has 0 atom stereocenters. The SMILES string of the molecule is Clc1cncc(-c2ccc(-c3cn[nH]c3)cc2)c1N1CCC2(CCNC2)CC1. The van der Waals surface area contributed by atoms with Crippen LogP contribution < -0.4 is 10.2 Å². The topological polar surface area (TPSA) is 56.8 Å². The van der Waals surface area contributed by atoms with Gasteiger partial charge in [0.25, 0.3) is 0 Å². The lowest BCUT2D eigenvalue weighted by molar-refractivity contribution is 0.247. The number of halogens is 1. The van der Waals surface area contributed by atoms with Crippen LogP contribution in [0.25, 0.3) is 22.3 Å². The van der Waals surface area contributed by atoms with Gasteiger partial charge in [0.05, 0.1) is 16.9 Å². The van der Waals surface area contributed by atoms with E-state index >= 15 is 0 Å². The van der Waals surface area contributed by atoms with Gasteiger partial charge in [0, 0.05) is 49.4 Å². The molecule has 2 N–H and O–H groups in total. The van der Waals surface area contributed by atoms with Crippen LogP contribution in [0.3, 0.4) is 0 Å². The fourth-order valence-electron chi connectivity index (χ4n) is 4.64. The summed E-state index contributed by atoms with van der Waals surface area (Å²) in [6.45, 7) is 4.41. The molecule has 144 valence electrons. The standard InChI is InChI=1S/C22H24ClN5/c23-20-14-25-13-19(17-3-1-16(2-4-17)18-11-26-27-12-18)21(20)28-9-6-22(7-10-28)5-8-24-15-22/h1-4,11-14,24H,5-10,15H2,(H,26,27). The Labute approximate surface area is 170 Å². The van der Waals surface area contributed by atoms with E-state index in [1.807, 2.05) is 18.6 Å². The van der Waals surface area contributed by atoms with Crippen LogP contribution in [-0.4, -0.2) is 41.4 Å². The summed E-state index contributed by atoms with van der Waals surface area (Å²) >= 11 is 6.65. The maximum absolute atomic E-state index is 6.65. The van der Waals surface area contributed by atoms with Gasteiger partial charge in [-0.3, -0.25) is 10.1 Å². The molecule has 1 aromatic carbocycles. The van der Waals surface area contributed by atoms with E-state index in [4.69, 9.17) is 11.6 Å². The number of hydrogen-bond donors (Lipinski definition) is 2. The Hall–Kier alpha value is -2.37. The van der Waals surface area contributed by atoms with Crippen LogP contribution in [0.2, 0.25) is 5.02 Å². The van der Waals surface area contributed by atoms with Gasteiger partial charge < -0.3 is 10.2 Å². The predicted molar refractivity (Wildman–Crippen MR) is 114 cm³/mol. The number of rotatable bonds is 3. The summed E-state index contributed by atoms with van der Waals surface area (Å²) in [5.74, 6) is 0. The van der Waals surface area contributed by atoms with Crippen LogP contribution in [0.1, 0.15) is 19.3 Å². The average molecular weight is 394 g/mol. The van der Waals surface area contributed by atoms with Crippen molar-refractivity contribution < 1.29 is 0 Å². The molecule has 0 unspecified atom stereocenters. The number of piperidine rings is 1. The van der Waals surface area contributed by atoms with E-state index in [1.54, 1.807) is 6.20 Å². The lowest BCUT2D eigenvalue weighted by atomic mass is 9.77. The van der Waals surface area contributed by atoms with Crippen LogP contribution in [0.4, 0.5) is 5.69 Å². The Bertz CT molecular complexity index is 936. The molecule has 0 amide bonds. The second-order valence-corrected chi connectivity index (χ2v) is 8.40. The first-order valence-corrected chi connectivity index (χ1v) is 10.3. The maximum atomic E-state index is 6.65. The summed E-state index contributed by atoms with van der Waals surface area (Å²) in [5.41, 5.74) is 6.08. The third-order valence-electron chi connectivity index (χ3n) is 6.37. The van der Waals surface area contributed by atoms with E-state index in [2.05, 4.69) is 49.7 Å². The highest BCUT2D eigenvalue weighted by Crippen LogP contribution is 2.42. The largest absolute Gasteiger partial charge is 0.370 e. The lowest BCUT2D eigenvalue weighted by Crippen LogP contribution is -2.41. The van der Waals surface area contributed by atoms with Gasteiger partial charge in [-0.2, -0.15) is 5.10 Å². The molecular formula is C22H24ClN5. The Morgan fingerprint density at radius 2 is 1.71 bits per heavy atom. The third-order valence-corrected chi connectivity index (χ3v) is 6.65. The molecule has 3 aromatic rings. The zero-order valence-electron chi connectivity index (χ0n) is 15.8. The lowest BCUT2D eigenvalue weighted by Gasteiger charge is -2.40. The summed E-state index contributed by atoms with van der Waals surface area (Å²) < 4.78 is 0. The van der Waals surface area contributed by atoms with Crippen molar-refractivity contribution in [3.8, 4) is 22.3 Å². The van der Waals surface area contributed by atoms with Crippen molar-refractivity contribution in [2.45, 2.75) is 19.3 Å². The number of nitrogens with zero attached hydrogens (tertiary/aromatic N) is 3. The predicted octanol–water partition coefficient (Wildman–Crippen LogP) is 4.37. The summed E-state index contributed by atoms with van der Waals surface area (Å²) in [7, 11) is 0. The van der Waals surface area contributed by atoms with Crippen molar-refractivity contribution in [1.29, 1.82) is 0 Å². The van der Waals surface area contributed by atoms with E-state index in [-0.39, 0.29) is 0 Å². The van der Waals surface area contributed by atoms with E-state index in [9.17, 15) is 0 Å². The Morgan fingerprint density at radius 1 is 0.929 bits per heavy atom. The molecule has 2 fully saturated rings. The molecule has 2 aliphatic heterocycles. The van der Waals surface area contributed by atoms with E-state index < -0.39 is 0 Å². The molecule has 28 heavy (non-hydrogen) atoms. The Morgan fingerprint density at radius 3 is 2.39 bits per heavy atom. The van der Waals surface area contributed by atoms with Crippen LogP contribution in [0, 0.1) is 5.41 Å². The fourth-order valence-corrected chi connectivity index (χ4v) is 4.92. The fraction of sp³-hybridized carbons (Fsp3) is 0.364. The highest BCUT2D eigenvalue weighted by molar-refractivity contribution is 6.33. The summed E-state index contributed by atoms with van der Waals surface area (Å²) in [6, 6.07) is 8.54. The van der Waals surface area contributed by atoms with Crippen molar-refractivity contribution in [1.82, 2.24) is 20.5 Å². The minimum atomic E-state index is 0.489. The van der Waals surface area contributed by atoms with Crippen molar-refractivity contribution >= 4 is 17.3 Å². The summed E-state index contributed by atoms with van der Waals surface area (Å²) in [4.78, 5) is 6.83. The maximum Gasteiger partial charge on any atom is 0.0829 e. The molecule has 1 spiro atoms. The second-order valence-electron chi connectivity index (χ2n) is 8.00. The minimum absolute atomic E-state index is 0.489. The number of benzene rings is 1. The van der Waals surface area contributed by atoms with Gasteiger partial charge in [-0.25, -0.2) is 0 Å². The second kappa shape index (κ2) is 7.22. The summed E-state index contributed by atoms with van der Waals surface area (Å²) in [6.07, 6.45) is 11.2. The van der Waals surface area contributed by atoms with Gasteiger partial charge in [0.1, 0.15) is 0 Å². The van der Waals surface area contributed by atoms with Crippen molar-refractivity contribution in [2.75, 3.05) is 31.1 Å². The van der Waals surface area contributed by atoms with E-state index in [0.717, 1.165) is 59.1 Å². The average Bonchev–Trinajstić information content (AvgIpc) is 3.42. The normalized spacial score (nSPS) is 18.7. The van der Waals surface area contributed by atoms with Gasteiger partial charge in [-0.1, -0.05) is 35.9 Å². The minimum Gasteiger partial charge on any atom is -0.370 e. The molecule has 5 nitrogen and oxygen atoms in total. The molecule has 0 radical (unpaired) electrons. The molecule has 0 aliphatic carbocycles. The first kappa shape index (κ1) is 17.7. The number of pyridine rings is 1. The molecule has 0 bridgehead atoms. The Balaban J connectivity index is 1.44.